The molecule has 1 atom stereocenters. The van der Waals surface area contributed by atoms with E-state index >= 15 is 0 Å². The Balaban J connectivity index is 0.000000540. The molecule has 0 bridgehead atoms. The number of hydrogen-bond donors (Lipinski definition) is 3. The van der Waals surface area contributed by atoms with Crippen LogP contribution in [-0.4, -0.2) is 59.9 Å². The van der Waals surface area contributed by atoms with Crippen molar-refractivity contribution in [1.82, 2.24) is 0 Å². The van der Waals surface area contributed by atoms with Gasteiger partial charge in [-0.1, -0.05) is 19.1 Å². The fourth-order valence-electron chi connectivity index (χ4n) is 3.68. The number of aromatic carboxylic acids is 1. The summed E-state index contributed by atoms with van der Waals surface area (Å²) in [5.74, 6) is -3.88. The topological polar surface area (TPSA) is 110 Å². The normalized spacial score (nSPS) is 15.7. The van der Waals surface area contributed by atoms with Crippen LogP contribution >= 0.6 is 0 Å². The molecule has 1 aliphatic rings. The Morgan fingerprint density at radius 1 is 1.09 bits per heavy atom. The van der Waals surface area contributed by atoms with E-state index in [4.69, 9.17) is 9.90 Å². The zero-order valence-electron chi connectivity index (χ0n) is 19.6. The third-order valence-electron chi connectivity index (χ3n) is 5.38. The molecule has 0 radical (unpaired) electrons. The van der Waals surface area contributed by atoms with Crippen LogP contribution in [0.1, 0.15) is 36.2 Å². The maximum atomic E-state index is 11.8. The van der Waals surface area contributed by atoms with E-state index in [1.54, 1.807) is 25.1 Å². The van der Waals surface area contributed by atoms with E-state index in [9.17, 15) is 27.9 Å². The minimum absolute atomic E-state index is 0.135. The summed E-state index contributed by atoms with van der Waals surface area (Å²) in [4.78, 5) is 36.8. The molecule has 8 nitrogen and oxygen atoms in total. The van der Waals surface area contributed by atoms with Crippen LogP contribution in [0.25, 0.3) is 0 Å². The average molecular weight is 495 g/mol. The number of nitrogens with zero attached hydrogens (tertiary/aromatic N) is 2. The molecule has 11 heteroatoms. The van der Waals surface area contributed by atoms with Gasteiger partial charge < -0.3 is 25.3 Å². The fraction of sp³-hybridized carbons (Fsp3) is 0.375. The SMILES string of the molecule is CCC(=O)Nc1ccc(N2CCN(c3cccc(C)c3)C(C)C2)c(C(=O)O)c1.O=C(O)C(F)(F)F. The van der Waals surface area contributed by atoms with Crippen molar-refractivity contribution >= 4 is 34.9 Å². The molecule has 2 aromatic rings. The number of halogens is 3. The highest BCUT2D eigenvalue weighted by molar-refractivity contribution is 5.98. The van der Waals surface area contributed by atoms with E-state index in [2.05, 4.69) is 53.2 Å². The molecular formula is C24H28F3N3O5. The summed E-state index contributed by atoms with van der Waals surface area (Å²) in [6, 6.07) is 13.8. The molecule has 0 saturated carbocycles. The van der Waals surface area contributed by atoms with Gasteiger partial charge in [0.25, 0.3) is 0 Å². The van der Waals surface area contributed by atoms with Crippen LogP contribution in [0.2, 0.25) is 0 Å². The molecular weight excluding hydrogens is 467 g/mol. The van der Waals surface area contributed by atoms with E-state index in [1.165, 1.54) is 11.3 Å². The summed E-state index contributed by atoms with van der Waals surface area (Å²) in [7, 11) is 0. The Morgan fingerprint density at radius 2 is 1.74 bits per heavy atom. The molecule has 0 aliphatic carbocycles. The lowest BCUT2D eigenvalue weighted by Crippen LogP contribution is -2.52. The maximum Gasteiger partial charge on any atom is 0.490 e. The Bertz CT molecular complexity index is 1070. The number of nitrogens with one attached hydrogen (secondary N) is 1. The Morgan fingerprint density at radius 3 is 2.26 bits per heavy atom. The summed E-state index contributed by atoms with van der Waals surface area (Å²) >= 11 is 0. The van der Waals surface area contributed by atoms with Crippen molar-refractivity contribution in [1.29, 1.82) is 0 Å². The number of carboxylic acids is 2. The number of piperazine rings is 1. The second-order valence-corrected chi connectivity index (χ2v) is 8.07. The highest BCUT2D eigenvalue weighted by Crippen LogP contribution is 2.29. The van der Waals surface area contributed by atoms with Crippen molar-refractivity contribution in [3.05, 3.63) is 53.6 Å². The number of hydrogen-bond acceptors (Lipinski definition) is 5. The predicted octanol–water partition coefficient (Wildman–Crippen LogP) is 4.39. The van der Waals surface area contributed by atoms with Crippen molar-refractivity contribution in [3.63, 3.8) is 0 Å². The molecule has 1 fully saturated rings. The molecule has 190 valence electrons. The molecule has 1 heterocycles. The van der Waals surface area contributed by atoms with Gasteiger partial charge in [0.15, 0.2) is 0 Å². The molecule has 1 aliphatic heterocycles. The van der Waals surface area contributed by atoms with Crippen LogP contribution in [0.3, 0.4) is 0 Å². The number of alkyl halides is 3. The van der Waals surface area contributed by atoms with Gasteiger partial charge in [-0.2, -0.15) is 13.2 Å². The van der Waals surface area contributed by atoms with Gasteiger partial charge in [-0.05, 0) is 49.7 Å². The number of carboxylic acid groups (broad SMARTS) is 2. The van der Waals surface area contributed by atoms with Crippen molar-refractivity contribution in [2.45, 2.75) is 39.4 Å². The standard InChI is InChI=1S/C22H27N3O3.C2HF3O2/c1-4-21(26)23-17-8-9-20(19(13-17)22(27)28)24-10-11-25(16(3)14-24)18-7-5-6-15(2)12-18;3-2(4,5)1(6)7/h5-9,12-13,16H,4,10-11,14H2,1-3H3,(H,23,26)(H,27,28);(H,6,7). The van der Waals surface area contributed by atoms with E-state index in [0.717, 1.165) is 19.6 Å². The van der Waals surface area contributed by atoms with E-state index < -0.39 is 18.1 Å². The number of carbonyl (C=O) groups is 3. The molecule has 3 N–H and O–H groups in total. The summed E-state index contributed by atoms with van der Waals surface area (Å²) in [5, 5.41) is 19.5. The van der Waals surface area contributed by atoms with Crippen LogP contribution in [0, 0.1) is 6.92 Å². The smallest absolute Gasteiger partial charge is 0.478 e. The number of carbonyl (C=O) groups excluding carboxylic acids is 1. The lowest BCUT2D eigenvalue weighted by molar-refractivity contribution is -0.192. The molecule has 0 aromatic heterocycles. The second-order valence-electron chi connectivity index (χ2n) is 8.07. The number of amides is 1. The van der Waals surface area contributed by atoms with Crippen LogP contribution in [-0.2, 0) is 9.59 Å². The van der Waals surface area contributed by atoms with Gasteiger partial charge in [0.1, 0.15) is 0 Å². The molecule has 0 spiro atoms. The Labute approximate surface area is 201 Å². The number of aryl methyl sites for hydroxylation is 1. The fourth-order valence-corrected chi connectivity index (χ4v) is 3.68. The monoisotopic (exact) mass is 495 g/mol. The summed E-state index contributed by atoms with van der Waals surface area (Å²) < 4.78 is 31.7. The molecule has 1 amide bonds. The Hall–Kier alpha value is -3.76. The van der Waals surface area contributed by atoms with E-state index in [-0.39, 0.29) is 17.5 Å². The van der Waals surface area contributed by atoms with E-state index in [1.807, 2.05) is 0 Å². The van der Waals surface area contributed by atoms with Crippen LogP contribution in [0.5, 0.6) is 0 Å². The molecule has 3 rings (SSSR count). The zero-order valence-corrected chi connectivity index (χ0v) is 19.6. The van der Waals surface area contributed by atoms with Crippen LogP contribution in [0.4, 0.5) is 30.2 Å². The predicted molar refractivity (Wildman–Crippen MR) is 126 cm³/mol. The molecule has 1 saturated heterocycles. The lowest BCUT2D eigenvalue weighted by Gasteiger charge is -2.42. The first-order chi connectivity index (χ1) is 16.3. The van der Waals surface area contributed by atoms with Crippen molar-refractivity contribution in [2.75, 3.05) is 34.8 Å². The van der Waals surface area contributed by atoms with Crippen molar-refractivity contribution in [2.24, 2.45) is 0 Å². The molecule has 2 aromatic carbocycles. The van der Waals surface area contributed by atoms with Gasteiger partial charge in [-0.25, -0.2) is 9.59 Å². The second kappa shape index (κ2) is 11.6. The lowest BCUT2D eigenvalue weighted by atomic mass is 10.1. The summed E-state index contributed by atoms with van der Waals surface area (Å²) in [6.07, 6.45) is -4.73. The number of aliphatic carboxylic acids is 1. The first-order valence-electron chi connectivity index (χ1n) is 10.9. The first kappa shape index (κ1) is 27.5. The minimum Gasteiger partial charge on any atom is -0.478 e. The van der Waals surface area contributed by atoms with Gasteiger partial charge in [-0.3, -0.25) is 4.79 Å². The van der Waals surface area contributed by atoms with Gasteiger partial charge in [0.2, 0.25) is 5.91 Å². The van der Waals surface area contributed by atoms with Crippen LogP contribution in [0.15, 0.2) is 42.5 Å². The minimum atomic E-state index is -5.08. The van der Waals surface area contributed by atoms with Crippen molar-refractivity contribution < 1.29 is 37.8 Å². The Kier molecular flexibility index (Phi) is 9.10. The van der Waals surface area contributed by atoms with Gasteiger partial charge in [-0.15, -0.1) is 0 Å². The highest BCUT2D eigenvalue weighted by atomic mass is 19.4. The highest BCUT2D eigenvalue weighted by Gasteiger charge is 2.38. The van der Waals surface area contributed by atoms with Gasteiger partial charge in [0, 0.05) is 43.5 Å². The average Bonchev–Trinajstić information content (AvgIpc) is 2.78. The number of benzene rings is 2. The largest absolute Gasteiger partial charge is 0.490 e. The van der Waals surface area contributed by atoms with Crippen LogP contribution < -0.4 is 15.1 Å². The molecule has 1 unspecified atom stereocenters. The quantitative estimate of drug-likeness (QED) is 0.564. The number of rotatable bonds is 5. The third kappa shape index (κ3) is 7.62. The summed E-state index contributed by atoms with van der Waals surface area (Å²) in [6.45, 7) is 8.29. The van der Waals surface area contributed by atoms with Gasteiger partial charge >= 0.3 is 18.1 Å². The zero-order chi connectivity index (χ0) is 26.3. The van der Waals surface area contributed by atoms with Crippen molar-refractivity contribution in [3.8, 4) is 0 Å². The summed E-state index contributed by atoms with van der Waals surface area (Å²) in [5.41, 5.74) is 3.84. The first-order valence-corrected chi connectivity index (χ1v) is 10.9. The molecule has 35 heavy (non-hydrogen) atoms. The maximum absolute atomic E-state index is 11.8. The van der Waals surface area contributed by atoms with E-state index in [0.29, 0.717) is 17.8 Å². The number of anilines is 3. The van der Waals surface area contributed by atoms with Gasteiger partial charge in [0.05, 0.1) is 11.3 Å². The third-order valence-corrected chi connectivity index (χ3v) is 5.38.